The minimum Gasteiger partial charge on any atom is -0.340 e. The van der Waals surface area contributed by atoms with Crippen LogP contribution < -0.4 is 5.32 Å². The molecule has 2 heterocycles. The third-order valence-electron chi connectivity index (χ3n) is 4.70. The average molecular weight is 422 g/mol. The lowest BCUT2D eigenvalue weighted by molar-refractivity contribution is 0.0943. The van der Waals surface area contributed by atoms with Crippen molar-refractivity contribution in [3.8, 4) is 0 Å². The number of halogens is 1. The number of thiophene rings is 1. The first-order chi connectivity index (χ1) is 14.1. The number of rotatable bonds is 6. The lowest BCUT2D eigenvalue weighted by Crippen LogP contribution is -2.29. The second-order valence-electron chi connectivity index (χ2n) is 6.73. The van der Waals surface area contributed by atoms with E-state index in [0.29, 0.717) is 23.0 Å². The molecular weight excluding hydrogens is 402 g/mol. The first-order valence-corrected chi connectivity index (χ1v) is 10.6. The molecule has 4 nitrogen and oxygen atoms in total. The van der Waals surface area contributed by atoms with Crippen molar-refractivity contribution in [2.75, 3.05) is 0 Å². The maximum absolute atomic E-state index is 13.2. The molecule has 0 aliphatic rings. The Kier molecular flexibility index (Phi) is 5.79. The highest BCUT2D eigenvalue weighted by Crippen LogP contribution is 2.28. The van der Waals surface area contributed by atoms with Crippen molar-refractivity contribution in [3.05, 3.63) is 111 Å². The van der Waals surface area contributed by atoms with Gasteiger partial charge in [-0.1, -0.05) is 78.3 Å². The second kappa shape index (κ2) is 8.64. The van der Waals surface area contributed by atoms with Gasteiger partial charge in [0.15, 0.2) is 0 Å². The van der Waals surface area contributed by atoms with Gasteiger partial charge in [0, 0.05) is 4.88 Å². The molecule has 2 aromatic heterocycles. The first-order valence-electron chi connectivity index (χ1n) is 9.29. The number of aromatic nitrogens is 2. The molecule has 146 valence electrons. The van der Waals surface area contributed by atoms with Gasteiger partial charge in [-0.15, -0.1) is 11.3 Å². The van der Waals surface area contributed by atoms with E-state index in [9.17, 15) is 4.79 Å². The van der Waals surface area contributed by atoms with E-state index in [1.54, 1.807) is 16.0 Å². The number of benzene rings is 2. The molecule has 0 saturated heterocycles. The predicted molar refractivity (Wildman–Crippen MR) is 118 cm³/mol. The van der Waals surface area contributed by atoms with Crippen LogP contribution in [0.5, 0.6) is 0 Å². The minimum absolute atomic E-state index is 0.228. The summed E-state index contributed by atoms with van der Waals surface area (Å²) in [4.78, 5) is 14.3. The number of amides is 1. The number of aryl methyl sites for hydroxylation is 1. The van der Waals surface area contributed by atoms with Crippen LogP contribution in [0.4, 0.5) is 0 Å². The van der Waals surface area contributed by atoms with E-state index < -0.39 is 0 Å². The molecule has 0 spiro atoms. The molecule has 1 atom stereocenters. The topological polar surface area (TPSA) is 46.9 Å². The van der Waals surface area contributed by atoms with Crippen LogP contribution in [0.1, 0.15) is 38.1 Å². The van der Waals surface area contributed by atoms with Gasteiger partial charge in [-0.2, -0.15) is 5.10 Å². The third kappa shape index (κ3) is 4.26. The zero-order valence-electron chi connectivity index (χ0n) is 15.9. The Morgan fingerprint density at radius 2 is 1.76 bits per heavy atom. The van der Waals surface area contributed by atoms with Gasteiger partial charge in [0.05, 0.1) is 23.8 Å². The van der Waals surface area contributed by atoms with Gasteiger partial charge in [-0.3, -0.25) is 4.79 Å². The summed E-state index contributed by atoms with van der Waals surface area (Å²) in [7, 11) is 0. The van der Waals surface area contributed by atoms with Crippen LogP contribution in [0.3, 0.4) is 0 Å². The van der Waals surface area contributed by atoms with Crippen LogP contribution in [-0.2, 0) is 6.54 Å². The molecule has 1 amide bonds. The number of nitrogens with zero attached hydrogens (tertiary/aromatic N) is 2. The number of hydrogen-bond donors (Lipinski definition) is 1. The fourth-order valence-corrected chi connectivity index (χ4v) is 4.42. The highest BCUT2D eigenvalue weighted by Gasteiger charge is 2.24. The van der Waals surface area contributed by atoms with Crippen LogP contribution in [0.15, 0.2) is 78.2 Å². The van der Waals surface area contributed by atoms with Crippen molar-refractivity contribution < 1.29 is 4.79 Å². The Balaban J connectivity index is 1.62. The Bertz CT molecular complexity index is 1090. The van der Waals surface area contributed by atoms with Gasteiger partial charge in [0.2, 0.25) is 0 Å². The van der Waals surface area contributed by atoms with Crippen molar-refractivity contribution in [2.24, 2.45) is 0 Å². The quantitative estimate of drug-likeness (QED) is 0.448. The molecule has 0 aliphatic heterocycles. The largest absolute Gasteiger partial charge is 0.340 e. The van der Waals surface area contributed by atoms with Gasteiger partial charge in [0.25, 0.3) is 5.91 Å². The van der Waals surface area contributed by atoms with Crippen molar-refractivity contribution in [2.45, 2.75) is 19.5 Å². The van der Waals surface area contributed by atoms with Gasteiger partial charge >= 0.3 is 0 Å². The number of carbonyl (C=O) groups is 1. The molecule has 4 aromatic rings. The average Bonchev–Trinajstić information content (AvgIpc) is 3.36. The van der Waals surface area contributed by atoms with E-state index in [4.69, 9.17) is 11.6 Å². The van der Waals surface area contributed by atoms with Crippen molar-refractivity contribution >= 4 is 28.8 Å². The highest BCUT2D eigenvalue weighted by molar-refractivity contribution is 7.10. The Labute approximate surface area is 178 Å². The van der Waals surface area contributed by atoms with E-state index in [0.717, 1.165) is 16.0 Å². The van der Waals surface area contributed by atoms with Crippen LogP contribution in [0, 0.1) is 6.92 Å². The smallest absolute Gasteiger partial charge is 0.257 e. The standard InChI is InChI=1S/C23H20ClN3OS/c1-16-20(22(24)27(26-16)15-17-9-4-2-5-10-17)23(28)25-21(19-13-8-14-29-19)18-11-6-3-7-12-18/h2-14,21H,15H2,1H3,(H,25,28). The molecule has 0 bridgehead atoms. The summed E-state index contributed by atoms with van der Waals surface area (Å²) in [6.45, 7) is 2.33. The van der Waals surface area contributed by atoms with Gasteiger partial charge in [0.1, 0.15) is 5.15 Å². The van der Waals surface area contributed by atoms with E-state index in [1.807, 2.05) is 85.1 Å². The molecule has 29 heavy (non-hydrogen) atoms. The second-order valence-corrected chi connectivity index (χ2v) is 8.06. The van der Waals surface area contributed by atoms with Crippen molar-refractivity contribution in [1.29, 1.82) is 0 Å². The van der Waals surface area contributed by atoms with Gasteiger partial charge in [-0.25, -0.2) is 4.68 Å². The molecule has 2 aromatic carbocycles. The maximum Gasteiger partial charge on any atom is 0.257 e. The van der Waals surface area contributed by atoms with Crippen LogP contribution in [0.25, 0.3) is 0 Å². The molecule has 4 rings (SSSR count). The van der Waals surface area contributed by atoms with Gasteiger partial charge in [-0.05, 0) is 29.5 Å². The van der Waals surface area contributed by atoms with Crippen LogP contribution in [-0.4, -0.2) is 15.7 Å². The number of carbonyl (C=O) groups excluding carboxylic acids is 1. The van der Waals surface area contributed by atoms with Crippen LogP contribution in [0.2, 0.25) is 5.15 Å². The predicted octanol–water partition coefficient (Wildman–Crippen LogP) is 5.47. The Hall–Kier alpha value is -2.89. The van der Waals surface area contributed by atoms with Crippen molar-refractivity contribution in [1.82, 2.24) is 15.1 Å². The molecule has 0 aliphatic carbocycles. The summed E-state index contributed by atoms with van der Waals surface area (Å²) in [6, 6.07) is 23.6. The molecular formula is C23H20ClN3OS. The summed E-state index contributed by atoms with van der Waals surface area (Å²) in [5.41, 5.74) is 3.12. The van der Waals surface area contributed by atoms with E-state index in [-0.39, 0.29) is 11.9 Å². The van der Waals surface area contributed by atoms with E-state index in [2.05, 4.69) is 10.4 Å². The molecule has 0 fully saturated rings. The molecule has 0 radical (unpaired) electrons. The first kappa shape index (κ1) is 19.4. The number of nitrogens with one attached hydrogen (secondary N) is 1. The number of hydrogen-bond acceptors (Lipinski definition) is 3. The molecule has 6 heteroatoms. The normalized spacial score (nSPS) is 11.9. The van der Waals surface area contributed by atoms with E-state index in [1.165, 1.54) is 0 Å². The highest BCUT2D eigenvalue weighted by atomic mass is 35.5. The molecule has 0 saturated carbocycles. The summed E-state index contributed by atoms with van der Waals surface area (Å²) in [5, 5.41) is 10.00. The fraction of sp³-hybridized carbons (Fsp3) is 0.130. The monoisotopic (exact) mass is 421 g/mol. The Morgan fingerprint density at radius 1 is 1.07 bits per heavy atom. The van der Waals surface area contributed by atoms with Crippen LogP contribution >= 0.6 is 22.9 Å². The molecule has 1 N–H and O–H groups in total. The maximum atomic E-state index is 13.2. The lowest BCUT2D eigenvalue weighted by atomic mass is 10.0. The zero-order valence-corrected chi connectivity index (χ0v) is 17.5. The SMILES string of the molecule is Cc1nn(Cc2ccccc2)c(Cl)c1C(=O)NC(c1ccccc1)c1cccs1. The summed E-state index contributed by atoms with van der Waals surface area (Å²) < 4.78 is 1.67. The molecule has 1 unspecified atom stereocenters. The summed E-state index contributed by atoms with van der Waals surface area (Å²) in [6.07, 6.45) is 0. The summed E-state index contributed by atoms with van der Waals surface area (Å²) in [5.74, 6) is -0.228. The van der Waals surface area contributed by atoms with Crippen molar-refractivity contribution in [3.63, 3.8) is 0 Å². The zero-order chi connectivity index (χ0) is 20.2. The third-order valence-corrected chi connectivity index (χ3v) is 6.02. The summed E-state index contributed by atoms with van der Waals surface area (Å²) >= 11 is 8.18. The van der Waals surface area contributed by atoms with E-state index >= 15 is 0 Å². The Morgan fingerprint density at radius 3 is 2.41 bits per heavy atom. The lowest BCUT2D eigenvalue weighted by Gasteiger charge is -2.18. The van der Waals surface area contributed by atoms with Gasteiger partial charge < -0.3 is 5.32 Å². The fourth-order valence-electron chi connectivity index (χ4n) is 3.30. The minimum atomic E-state index is -0.239.